The Labute approximate surface area is 126 Å². The average molecular weight is 357 g/mol. The molecule has 2 aromatic carbocycles. The lowest BCUT2D eigenvalue weighted by Gasteiger charge is -2.12. The van der Waals surface area contributed by atoms with E-state index in [9.17, 15) is 13.2 Å². The fraction of sp³-hybridized carbons (Fsp3) is 0.0714. The lowest BCUT2D eigenvalue weighted by Crippen LogP contribution is -2.06. The minimum Gasteiger partial charge on any atom is -0.455 e. The van der Waals surface area contributed by atoms with Gasteiger partial charge in [-0.1, -0.05) is 0 Å². The van der Waals surface area contributed by atoms with Gasteiger partial charge in [-0.05, 0) is 52.3 Å². The maximum absolute atomic E-state index is 12.5. The largest absolute Gasteiger partial charge is 0.455 e. The third-order valence-electron chi connectivity index (χ3n) is 2.63. The van der Waals surface area contributed by atoms with Crippen molar-refractivity contribution in [3.05, 3.63) is 52.0 Å². The van der Waals surface area contributed by atoms with Gasteiger partial charge in [0.1, 0.15) is 17.6 Å². The van der Waals surface area contributed by atoms with Crippen LogP contribution in [0.5, 0.6) is 11.5 Å². The Kier molecular flexibility index (Phi) is 4.09. The maximum atomic E-state index is 12.5. The van der Waals surface area contributed by atoms with Crippen LogP contribution in [0.4, 0.5) is 18.9 Å². The van der Waals surface area contributed by atoms with Crippen molar-refractivity contribution in [2.24, 2.45) is 0 Å². The van der Waals surface area contributed by atoms with E-state index in [1.54, 1.807) is 0 Å². The number of nitrogen functional groups attached to an aromatic ring is 1. The highest BCUT2D eigenvalue weighted by Gasteiger charge is 2.30. The molecule has 7 heteroatoms. The van der Waals surface area contributed by atoms with Crippen LogP contribution in [0.3, 0.4) is 0 Å². The molecule has 0 bridgehead atoms. The summed E-state index contributed by atoms with van der Waals surface area (Å²) in [6.45, 7) is 0. The zero-order valence-electron chi connectivity index (χ0n) is 10.4. The smallest absolute Gasteiger partial charge is 0.416 e. The topological polar surface area (TPSA) is 59.0 Å². The van der Waals surface area contributed by atoms with Gasteiger partial charge < -0.3 is 10.5 Å². The van der Waals surface area contributed by atoms with E-state index in [0.29, 0.717) is 15.8 Å². The molecule has 0 aliphatic rings. The second kappa shape index (κ2) is 5.66. The van der Waals surface area contributed by atoms with E-state index in [2.05, 4.69) is 15.9 Å². The summed E-state index contributed by atoms with van der Waals surface area (Å²) in [5.41, 5.74) is 5.03. The predicted octanol–water partition coefficient (Wildman–Crippen LogP) is 4.71. The predicted molar refractivity (Wildman–Crippen MR) is 74.8 cm³/mol. The molecule has 0 spiro atoms. The summed E-state index contributed by atoms with van der Waals surface area (Å²) in [6.07, 6.45) is -4.45. The minimum atomic E-state index is -4.45. The van der Waals surface area contributed by atoms with E-state index in [1.165, 1.54) is 18.2 Å². The molecule has 2 rings (SSSR count). The number of nitriles is 1. The first-order valence-electron chi connectivity index (χ1n) is 5.65. The number of anilines is 1. The van der Waals surface area contributed by atoms with Gasteiger partial charge in [-0.2, -0.15) is 18.4 Å². The molecular weight excluding hydrogens is 349 g/mol. The van der Waals surface area contributed by atoms with Crippen LogP contribution in [0.2, 0.25) is 0 Å². The molecule has 21 heavy (non-hydrogen) atoms. The van der Waals surface area contributed by atoms with Gasteiger partial charge in [0.25, 0.3) is 0 Å². The fourth-order valence-corrected chi connectivity index (χ4v) is 2.04. The molecule has 0 amide bonds. The maximum Gasteiger partial charge on any atom is 0.416 e. The molecule has 108 valence electrons. The molecule has 0 saturated carbocycles. The first kappa shape index (κ1) is 15.2. The van der Waals surface area contributed by atoms with E-state index in [1.807, 2.05) is 6.07 Å². The van der Waals surface area contributed by atoms with Crippen molar-refractivity contribution in [1.82, 2.24) is 0 Å². The Morgan fingerprint density at radius 2 is 1.86 bits per heavy atom. The quantitative estimate of drug-likeness (QED) is 0.792. The number of ether oxygens (including phenoxy) is 1. The normalized spacial score (nSPS) is 11.0. The van der Waals surface area contributed by atoms with Gasteiger partial charge in [0.2, 0.25) is 0 Å². The second-order valence-electron chi connectivity index (χ2n) is 4.11. The molecule has 0 saturated heterocycles. The molecular formula is C14H8BrF3N2O. The Morgan fingerprint density at radius 1 is 1.14 bits per heavy atom. The van der Waals surface area contributed by atoms with Crippen LogP contribution in [0.25, 0.3) is 0 Å². The number of nitrogens with two attached hydrogens (primary N) is 1. The number of alkyl halides is 3. The highest BCUT2D eigenvalue weighted by Crippen LogP contribution is 2.36. The summed E-state index contributed by atoms with van der Waals surface area (Å²) in [5, 5.41) is 8.80. The van der Waals surface area contributed by atoms with E-state index in [-0.39, 0.29) is 11.4 Å². The standard InChI is InChI=1S/C14H8BrF3N2O/c15-11-6-10(3-1-8(11)7-19)21-13-4-2-9(5-12(13)20)14(16,17)18/h1-6H,20H2. The van der Waals surface area contributed by atoms with Gasteiger partial charge in [-0.15, -0.1) is 0 Å². The molecule has 0 radical (unpaired) electrons. The monoisotopic (exact) mass is 356 g/mol. The van der Waals surface area contributed by atoms with E-state index in [4.69, 9.17) is 15.7 Å². The van der Waals surface area contributed by atoms with Crippen LogP contribution < -0.4 is 10.5 Å². The SMILES string of the molecule is N#Cc1ccc(Oc2ccc(C(F)(F)F)cc2N)cc1Br. The molecule has 0 unspecified atom stereocenters. The molecule has 0 fully saturated rings. The third kappa shape index (κ3) is 3.47. The lowest BCUT2D eigenvalue weighted by molar-refractivity contribution is -0.137. The third-order valence-corrected chi connectivity index (χ3v) is 3.28. The van der Waals surface area contributed by atoms with Crippen LogP contribution in [0, 0.1) is 11.3 Å². The first-order valence-corrected chi connectivity index (χ1v) is 6.45. The molecule has 2 aromatic rings. The molecule has 0 atom stereocenters. The van der Waals surface area contributed by atoms with Crippen LogP contribution in [0.1, 0.15) is 11.1 Å². The number of hydrogen-bond acceptors (Lipinski definition) is 3. The Bertz CT molecular complexity index is 723. The van der Waals surface area contributed by atoms with Crippen LogP contribution >= 0.6 is 15.9 Å². The van der Waals surface area contributed by atoms with Gasteiger partial charge in [0.05, 0.1) is 16.8 Å². The van der Waals surface area contributed by atoms with Crippen LogP contribution in [-0.4, -0.2) is 0 Å². The molecule has 0 aromatic heterocycles. The summed E-state index contributed by atoms with van der Waals surface area (Å²) in [4.78, 5) is 0. The number of halogens is 4. The van der Waals surface area contributed by atoms with Crippen molar-refractivity contribution in [3.63, 3.8) is 0 Å². The summed E-state index contributed by atoms with van der Waals surface area (Å²) >= 11 is 3.19. The summed E-state index contributed by atoms with van der Waals surface area (Å²) in [5.74, 6) is 0.465. The van der Waals surface area contributed by atoms with Crippen molar-refractivity contribution in [2.45, 2.75) is 6.18 Å². The first-order chi connectivity index (χ1) is 9.81. The summed E-state index contributed by atoms with van der Waals surface area (Å²) in [7, 11) is 0. The molecule has 0 aliphatic heterocycles. The highest BCUT2D eigenvalue weighted by atomic mass is 79.9. The van der Waals surface area contributed by atoms with E-state index >= 15 is 0 Å². The highest BCUT2D eigenvalue weighted by molar-refractivity contribution is 9.10. The molecule has 0 heterocycles. The number of rotatable bonds is 2. The number of hydrogen-bond donors (Lipinski definition) is 1. The zero-order valence-corrected chi connectivity index (χ0v) is 12.0. The summed E-state index contributed by atoms with van der Waals surface area (Å²) < 4.78 is 43.5. The Morgan fingerprint density at radius 3 is 2.38 bits per heavy atom. The van der Waals surface area contributed by atoms with Crippen LogP contribution in [0.15, 0.2) is 40.9 Å². The van der Waals surface area contributed by atoms with Gasteiger partial charge >= 0.3 is 6.18 Å². The van der Waals surface area contributed by atoms with E-state index in [0.717, 1.165) is 18.2 Å². The van der Waals surface area contributed by atoms with Crippen LogP contribution in [-0.2, 0) is 6.18 Å². The Balaban J connectivity index is 2.28. The van der Waals surface area contributed by atoms with E-state index < -0.39 is 11.7 Å². The fourth-order valence-electron chi connectivity index (χ4n) is 1.59. The molecule has 2 N–H and O–H groups in total. The van der Waals surface area contributed by atoms with Gasteiger partial charge in [0.15, 0.2) is 0 Å². The number of benzene rings is 2. The van der Waals surface area contributed by atoms with Gasteiger partial charge in [-0.25, -0.2) is 0 Å². The lowest BCUT2D eigenvalue weighted by atomic mass is 10.2. The van der Waals surface area contributed by atoms with Crippen molar-refractivity contribution in [1.29, 1.82) is 5.26 Å². The zero-order chi connectivity index (χ0) is 15.6. The van der Waals surface area contributed by atoms with Crippen molar-refractivity contribution < 1.29 is 17.9 Å². The molecule has 0 aliphatic carbocycles. The average Bonchev–Trinajstić information content (AvgIpc) is 2.40. The molecule has 3 nitrogen and oxygen atoms in total. The minimum absolute atomic E-state index is 0.111. The van der Waals surface area contributed by atoms with Crippen molar-refractivity contribution in [3.8, 4) is 17.6 Å². The van der Waals surface area contributed by atoms with Crippen molar-refractivity contribution in [2.75, 3.05) is 5.73 Å². The second-order valence-corrected chi connectivity index (χ2v) is 4.96. The van der Waals surface area contributed by atoms with Gasteiger partial charge in [-0.3, -0.25) is 0 Å². The number of nitrogens with zero attached hydrogens (tertiary/aromatic N) is 1. The van der Waals surface area contributed by atoms with Crippen molar-refractivity contribution >= 4 is 21.6 Å². The Hall–Kier alpha value is -2.20. The summed E-state index contributed by atoms with van der Waals surface area (Å²) in [6, 6.07) is 9.43. The van der Waals surface area contributed by atoms with Gasteiger partial charge in [0, 0.05) is 4.47 Å².